The molecule has 0 aromatic heterocycles. The first-order chi connectivity index (χ1) is 7.90. The van der Waals surface area contributed by atoms with Crippen molar-refractivity contribution in [1.82, 2.24) is 9.80 Å². The lowest BCUT2D eigenvalue weighted by atomic mass is 10.00. The number of fused-ring (bicyclic) bond motifs is 1. The minimum atomic E-state index is 0.868. The molecule has 0 spiro atoms. The average molecular weight is 240 g/mol. The smallest absolute Gasteiger partial charge is 0.0223 e. The van der Waals surface area contributed by atoms with Crippen LogP contribution in [0.2, 0.25) is 0 Å². The molecule has 2 saturated heterocycles. The molecule has 0 aromatic rings. The molecule has 0 N–H and O–H groups in total. The molecule has 0 aliphatic carbocycles. The van der Waals surface area contributed by atoms with Crippen LogP contribution in [0.3, 0.4) is 0 Å². The van der Waals surface area contributed by atoms with Crippen LogP contribution in [0.15, 0.2) is 12.7 Å². The van der Waals surface area contributed by atoms with E-state index in [2.05, 4.69) is 16.4 Å². The molecule has 16 heavy (non-hydrogen) atoms. The number of rotatable bonds is 5. The molecular weight excluding hydrogens is 216 g/mol. The topological polar surface area (TPSA) is 6.48 Å². The molecule has 1 unspecified atom stereocenters. The Hall–Kier alpha value is 0.01000. The summed E-state index contributed by atoms with van der Waals surface area (Å²) in [6.07, 6.45) is 6.30. The highest BCUT2D eigenvalue weighted by Gasteiger charge is 2.28. The van der Waals surface area contributed by atoms with Crippen molar-refractivity contribution >= 4 is 11.8 Å². The van der Waals surface area contributed by atoms with E-state index in [-0.39, 0.29) is 0 Å². The van der Waals surface area contributed by atoms with Gasteiger partial charge in [-0.3, -0.25) is 9.80 Å². The standard InChI is InChI=1S/C13H24N2S/c1-2-10-16-11-9-14-7-8-15-6-4-3-5-13(15)12-14/h2,13H,1,3-12H2. The Kier molecular flexibility index (Phi) is 5.20. The van der Waals surface area contributed by atoms with Gasteiger partial charge in [0.25, 0.3) is 0 Å². The van der Waals surface area contributed by atoms with Crippen LogP contribution >= 0.6 is 11.8 Å². The molecular formula is C13H24N2S. The van der Waals surface area contributed by atoms with Gasteiger partial charge in [0.2, 0.25) is 0 Å². The molecule has 1 atom stereocenters. The van der Waals surface area contributed by atoms with Crippen molar-refractivity contribution in [3.8, 4) is 0 Å². The summed E-state index contributed by atoms with van der Waals surface area (Å²) in [5, 5.41) is 0. The Balaban J connectivity index is 1.66. The Labute approximate surface area is 104 Å². The normalized spacial score (nSPS) is 27.6. The molecule has 2 heterocycles. The fourth-order valence-electron chi connectivity index (χ4n) is 2.78. The van der Waals surface area contributed by atoms with E-state index in [1.807, 2.05) is 17.8 Å². The van der Waals surface area contributed by atoms with Gasteiger partial charge in [-0.05, 0) is 19.4 Å². The van der Waals surface area contributed by atoms with Crippen LogP contribution in [0.25, 0.3) is 0 Å². The summed E-state index contributed by atoms with van der Waals surface area (Å²) in [4.78, 5) is 5.36. The number of thioether (sulfide) groups is 1. The van der Waals surface area contributed by atoms with E-state index >= 15 is 0 Å². The summed E-state index contributed by atoms with van der Waals surface area (Å²) in [7, 11) is 0. The van der Waals surface area contributed by atoms with Crippen molar-refractivity contribution in [2.45, 2.75) is 25.3 Å². The maximum atomic E-state index is 3.76. The number of hydrogen-bond donors (Lipinski definition) is 0. The van der Waals surface area contributed by atoms with Gasteiger partial charge in [0.1, 0.15) is 0 Å². The van der Waals surface area contributed by atoms with Gasteiger partial charge in [-0.25, -0.2) is 0 Å². The minimum absolute atomic E-state index is 0.868. The minimum Gasteiger partial charge on any atom is -0.300 e. The van der Waals surface area contributed by atoms with Gasteiger partial charge in [-0.1, -0.05) is 12.5 Å². The van der Waals surface area contributed by atoms with Gasteiger partial charge >= 0.3 is 0 Å². The van der Waals surface area contributed by atoms with Gasteiger partial charge in [0.05, 0.1) is 0 Å². The molecule has 0 aromatic carbocycles. The first kappa shape index (κ1) is 12.5. The van der Waals surface area contributed by atoms with Crippen molar-refractivity contribution in [2.75, 3.05) is 44.2 Å². The maximum Gasteiger partial charge on any atom is 0.0223 e. The van der Waals surface area contributed by atoms with Gasteiger partial charge in [0, 0.05) is 43.7 Å². The Morgan fingerprint density at radius 3 is 3.06 bits per heavy atom. The van der Waals surface area contributed by atoms with Crippen molar-refractivity contribution in [3.63, 3.8) is 0 Å². The van der Waals surface area contributed by atoms with Gasteiger partial charge in [-0.15, -0.1) is 6.58 Å². The summed E-state index contributed by atoms with van der Waals surface area (Å²) in [6.45, 7) is 10.3. The van der Waals surface area contributed by atoms with Crippen LogP contribution in [-0.2, 0) is 0 Å². The largest absolute Gasteiger partial charge is 0.300 e. The summed E-state index contributed by atoms with van der Waals surface area (Å²) in [6, 6.07) is 0.868. The van der Waals surface area contributed by atoms with Gasteiger partial charge in [-0.2, -0.15) is 11.8 Å². The molecule has 0 saturated carbocycles. The Morgan fingerprint density at radius 2 is 2.19 bits per heavy atom. The number of piperidine rings is 1. The Bertz CT molecular complexity index is 220. The third kappa shape index (κ3) is 3.51. The SMILES string of the molecule is C=CCSCCN1CCN2CCCCC2C1. The van der Waals surface area contributed by atoms with Gasteiger partial charge < -0.3 is 0 Å². The fourth-order valence-corrected chi connectivity index (χ4v) is 3.50. The highest BCUT2D eigenvalue weighted by Crippen LogP contribution is 2.21. The monoisotopic (exact) mass is 240 g/mol. The van der Waals surface area contributed by atoms with Crippen LogP contribution in [-0.4, -0.2) is 60.1 Å². The van der Waals surface area contributed by atoms with Crippen molar-refractivity contribution in [3.05, 3.63) is 12.7 Å². The van der Waals surface area contributed by atoms with Crippen LogP contribution in [0.1, 0.15) is 19.3 Å². The second kappa shape index (κ2) is 6.67. The molecule has 2 aliphatic heterocycles. The molecule has 0 bridgehead atoms. The van der Waals surface area contributed by atoms with Crippen molar-refractivity contribution < 1.29 is 0 Å². The highest BCUT2D eigenvalue weighted by atomic mass is 32.2. The highest BCUT2D eigenvalue weighted by molar-refractivity contribution is 7.99. The summed E-state index contributed by atoms with van der Waals surface area (Å²) in [5.74, 6) is 2.36. The van der Waals surface area contributed by atoms with Gasteiger partial charge in [0.15, 0.2) is 0 Å². The van der Waals surface area contributed by atoms with Crippen LogP contribution in [0.4, 0.5) is 0 Å². The lowest BCUT2D eigenvalue weighted by molar-refractivity contribution is 0.0527. The lowest BCUT2D eigenvalue weighted by Gasteiger charge is -2.44. The summed E-state index contributed by atoms with van der Waals surface area (Å²) < 4.78 is 0. The summed E-state index contributed by atoms with van der Waals surface area (Å²) in [5.41, 5.74) is 0. The number of hydrogen-bond acceptors (Lipinski definition) is 3. The van der Waals surface area contributed by atoms with E-state index in [4.69, 9.17) is 0 Å². The first-order valence-corrected chi connectivity index (χ1v) is 7.70. The molecule has 0 amide bonds. The third-order valence-electron chi connectivity index (χ3n) is 3.71. The summed E-state index contributed by atoms with van der Waals surface area (Å²) >= 11 is 2.00. The van der Waals surface area contributed by atoms with E-state index in [9.17, 15) is 0 Å². The van der Waals surface area contributed by atoms with Crippen molar-refractivity contribution in [1.29, 1.82) is 0 Å². The van der Waals surface area contributed by atoms with Crippen LogP contribution in [0.5, 0.6) is 0 Å². The first-order valence-electron chi connectivity index (χ1n) is 6.55. The molecule has 92 valence electrons. The molecule has 0 radical (unpaired) electrons. The predicted molar refractivity (Wildman–Crippen MR) is 73.2 cm³/mol. The second-order valence-corrected chi connectivity index (χ2v) is 6.00. The van der Waals surface area contributed by atoms with Crippen molar-refractivity contribution in [2.24, 2.45) is 0 Å². The van der Waals surface area contributed by atoms with E-state index in [1.165, 1.54) is 57.7 Å². The van der Waals surface area contributed by atoms with Crippen LogP contribution in [0, 0.1) is 0 Å². The maximum absolute atomic E-state index is 3.76. The molecule has 3 heteroatoms. The third-order valence-corrected chi connectivity index (χ3v) is 4.65. The quantitative estimate of drug-likeness (QED) is 0.536. The number of nitrogens with zero attached hydrogens (tertiary/aromatic N) is 2. The molecule has 2 fully saturated rings. The zero-order valence-electron chi connectivity index (χ0n) is 10.2. The van der Waals surface area contributed by atoms with E-state index in [0.29, 0.717) is 0 Å². The fraction of sp³-hybridized carbons (Fsp3) is 0.846. The van der Waals surface area contributed by atoms with E-state index in [1.54, 1.807) is 0 Å². The number of piperazine rings is 1. The van der Waals surface area contributed by atoms with Crippen LogP contribution < -0.4 is 0 Å². The zero-order chi connectivity index (χ0) is 11.2. The van der Waals surface area contributed by atoms with E-state index < -0.39 is 0 Å². The Morgan fingerprint density at radius 1 is 1.25 bits per heavy atom. The molecule has 2 nitrogen and oxygen atoms in total. The predicted octanol–water partition coefficient (Wildman–Crippen LogP) is 2.08. The van der Waals surface area contributed by atoms with E-state index in [0.717, 1.165) is 11.8 Å². The molecule has 2 aliphatic rings. The average Bonchev–Trinajstić information content (AvgIpc) is 2.34. The zero-order valence-corrected chi connectivity index (χ0v) is 11.1. The lowest BCUT2D eigenvalue weighted by Crippen LogP contribution is -2.55. The second-order valence-electron chi connectivity index (χ2n) is 4.85. The molecule has 2 rings (SSSR count).